The second-order valence-corrected chi connectivity index (χ2v) is 9.62. The van der Waals surface area contributed by atoms with Crippen molar-refractivity contribution in [3.8, 4) is 0 Å². The molecule has 5 nitrogen and oxygen atoms in total. The lowest BCUT2D eigenvalue weighted by atomic mass is 10.0. The Balaban J connectivity index is 1.85. The SMILES string of the molecule is CC(C)C[C@H](CO)Nc1nc(SCc2ccccc2)nc2nc(Br)sc12. The molecule has 0 spiro atoms. The lowest BCUT2D eigenvalue weighted by molar-refractivity contribution is 0.259. The van der Waals surface area contributed by atoms with Gasteiger partial charge in [0.1, 0.15) is 4.70 Å². The van der Waals surface area contributed by atoms with Crippen LogP contribution in [0.4, 0.5) is 5.82 Å². The van der Waals surface area contributed by atoms with Crippen molar-refractivity contribution in [2.75, 3.05) is 11.9 Å². The third-order valence-corrected chi connectivity index (χ3v) is 6.16. The number of aliphatic hydroxyl groups excluding tert-OH is 1. The number of rotatable bonds is 8. The molecule has 0 saturated carbocycles. The van der Waals surface area contributed by atoms with Crippen LogP contribution in [0.2, 0.25) is 0 Å². The van der Waals surface area contributed by atoms with E-state index in [-0.39, 0.29) is 12.6 Å². The quantitative estimate of drug-likeness (QED) is 0.371. The molecule has 3 rings (SSSR count). The van der Waals surface area contributed by atoms with Crippen LogP contribution in [-0.4, -0.2) is 32.7 Å². The summed E-state index contributed by atoms with van der Waals surface area (Å²) in [5, 5.41) is 13.8. The fraction of sp³-hybridized carbons (Fsp3) is 0.389. The summed E-state index contributed by atoms with van der Waals surface area (Å²) in [7, 11) is 0. The lowest BCUT2D eigenvalue weighted by Gasteiger charge is -2.19. The van der Waals surface area contributed by atoms with Gasteiger partial charge in [0.25, 0.3) is 0 Å². The first kappa shape index (κ1) is 19.5. The normalized spacial score (nSPS) is 12.7. The molecular formula is C18H21BrN4OS2. The van der Waals surface area contributed by atoms with Crippen molar-refractivity contribution in [1.82, 2.24) is 15.0 Å². The van der Waals surface area contributed by atoms with E-state index in [9.17, 15) is 5.11 Å². The van der Waals surface area contributed by atoms with Gasteiger partial charge in [-0.2, -0.15) is 0 Å². The van der Waals surface area contributed by atoms with E-state index in [2.05, 4.69) is 57.2 Å². The van der Waals surface area contributed by atoms with E-state index in [1.807, 2.05) is 18.2 Å². The first-order valence-electron chi connectivity index (χ1n) is 8.43. The smallest absolute Gasteiger partial charge is 0.191 e. The standard InChI is InChI=1S/C18H21BrN4OS2/c1-11(2)8-13(9-24)20-15-14-16(21-17(19)26-14)23-18(22-15)25-10-12-6-4-3-5-7-12/h3-7,11,13,24H,8-10H2,1-2H3,(H,20,22,23)/t13-/m1/s1. The van der Waals surface area contributed by atoms with E-state index >= 15 is 0 Å². The van der Waals surface area contributed by atoms with Crippen LogP contribution in [-0.2, 0) is 5.75 Å². The average Bonchev–Trinajstić information content (AvgIpc) is 3.00. The number of aromatic nitrogens is 3. The number of nitrogens with one attached hydrogen (secondary N) is 1. The Morgan fingerprint density at radius 3 is 2.65 bits per heavy atom. The summed E-state index contributed by atoms with van der Waals surface area (Å²) in [6.07, 6.45) is 0.870. The molecule has 0 bridgehead atoms. The van der Waals surface area contributed by atoms with Gasteiger partial charge in [-0.3, -0.25) is 0 Å². The van der Waals surface area contributed by atoms with E-state index in [1.54, 1.807) is 11.8 Å². The summed E-state index contributed by atoms with van der Waals surface area (Å²) in [5.41, 5.74) is 1.90. The van der Waals surface area contributed by atoms with Gasteiger partial charge in [0.15, 0.2) is 20.5 Å². The van der Waals surface area contributed by atoms with Crippen molar-refractivity contribution in [3.05, 3.63) is 39.8 Å². The third-order valence-electron chi connectivity index (χ3n) is 3.74. The summed E-state index contributed by atoms with van der Waals surface area (Å²) >= 11 is 6.52. The number of thioether (sulfide) groups is 1. The average molecular weight is 453 g/mol. The number of hydrogen-bond donors (Lipinski definition) is 2. The molecule has 2 N–H and O–H groups in total. The van der Waals surface area contributed by atoms with E-state index in [4.69, 9.17) is 4.98 Å². The zero-order chi connectivity index (χ0) is 18.5. The van der Waals surface area contributed by atoms with Gasteiger partial charge >= 0.3 is 0 Å². The Kier molecular flexibility index (Phi) is 6.86. The summed E-state index contributed by atoms with van der Waals surface area (Å²) in [6, 6.07) is 10.2. The van der Waals surface area contributed by atoms with Gasteiger partial charge < -0.3 is 10.4 Å². The maximum atomic E-state index is 9.70. The third kappa shape index (κ3) is 5.16. The van der Waals surface area contributed by atoms with Gasteiger partial charge in [0.2, 0.25) is 0 Å². The van der Waals surface area contributed by atoms with E-state index in [1.165, 1.54) is 16.9 Å². The Labute approximate surface area is 169 Å². The minimum Gasteiger partial charge on any atom is -0.394 e. The largest absolute Gasteiger partial charge is 0.394 e. The van der Waals surface area contributed by atoms with Gasteiger partial charge in [-0.25, -0.2) is 15.0 Å². The van der Waals surface area contributed by atoms with Crippen molar-refractivity contribution in [1.29, 1.82) is 0 Å². The van der Waals surface area contributed by atoms with Gasteiger partial charge in [-0.1, -0.05) is 55.9 Å². The van der Waals surface area contributed by atoms with Crippen LogP contribution < -0.4 is 5.32 Å². The van der Waals surface area contributed by atoms with Crippen LogP contribution in [0.1, 0.15) is 25.8 Å². The van der Waals surface area contributed by atoms with Crippen molar-refractivity contribution in [2.45, 2.75) is 37.2 Å². The molecule has 2 heterocycles. The first-order valence-corrected chi connectivity index (χ1v) is 11.0. The molecule has 1 aromatic carbocycles. The molecule has 0 unspecified atom stereocenters. The van der Waals surface area contributed by atoms with Crippen molar-refractivity contribution in [2.24, 2.45) is 5.92 Å². The maximum absolute atomic E-state index is 9.70. The molecule has 1 atom stereocenters. The number of hydrogen-bond acceptors (Lipinski definition) is 7. The molecule has 0 saturated heterocycles. The predicted molar refractivity (Wildman–Crippen MR) is 113 cm³/mol. The molecule has 0 amide bonds. The molecule has 2 aromatic heterocycles. The monoisotopic (exact) mass is 452 g/mol. The number of thiazole rings is 1. The maximum Gasteiger partial charge on any atom is 0.191 e. The van der Waals surface area contributed by atoms with Gasteiger partial charge in [0, 0.05) is 5.75 Å². The molecule has 3 aromatic rings. The van der Waals surface area contributed by atoms with Crippen LogP contribution >= 0.6 is 39.0 Å². The van der Waals surface area contributed by atoms with Crippen LogP contribution in [0.15, 0.2) is 39.4 Å². The summed E-state index contributed by atoms with van der Waals surface area (Å²) < 4.78 is 1.68. The lowest BCUT2D eigenvalue weighted by Crippen LogP contribution is -2.26. The van der Waals surface area contributed by atoms with Crippen molar-refractivity contribution in [3.63, 3.8) is 0 Å². The molecular weight excluding hydrogens is 432 g/mol. The summed E-state index contributed by atoms with van der Waals surface area (Å²) in [4.78, 5) is 13.7. The molecule has 138 valence electrons. The highest BCUT2D eigenvalue weighted by Gasteiger charge is 2.17. The van der Waals surface area contributed by atoms with Crippen LogP contribution in [0, 0.1) is 5.92 Å². The fourth-order valence-corrected chi connectivity index (χ4v) is 4.74. The first-order chi connectivity index (χ1) is 12.5. The summed E-state index contributed by atoms with van der Waals surface area (Å²) in [6.45, 7) is 4.35. The highest BCUT2D eigenvalue weighted by molar-refractivity contribution is 9.11. The molecule has 26 heavy (non-hydrogen) atoms. The predicted octanol–water partition coefficient (Wildman–Crippen LogP) is 4.96. The molecule has 0 aliphatic carbocycles. The molecule has 0 fully saturated rings. The molecule has 8 heteroatoms. The Hall–Kier alpha value is -1.22. The number of aliphatic hydroxyl groups is 1. The van der Waals surface area contributed by atoms with Crippen LogP contribution in [0.5, 0.6) is 0 Å². The summed E-state index contributed by atoms with van der Waals surface area (Å²) in [5.74, 6) is 2.03. The topological polar surface area (TPSA) is 70.9 Å². The number of fused-ring (bicyclic) bond motifs is 1. The Bertz CT molecular complexity index is 857. The Morgan fingerprint density at radius 1 is 1.19 bits per heavy atom. The van der Waals surface area contributed by atoms with Crippen molar-refractivity contribution < 1.29 is 5.11 Å². The van der Waals surface area contributed by atoms with Gasteiger partial charge in [-0.15, -0.1) is 11.3 Å². The Morgan fingerprint density at radius 2 is 1.96 bits per heavy atom. The van der Waals surface area contributed by atoms with Gasteiger partial charge in [-0.05, 0) is 33.8 Å². The minimum absolute atomic E-state index is 0.0408. The second kappa shape index (κ2) is 9.12. The van der Waals surface area contributed by atoms with Crippen LogP contribution in [0.3, 0.4) is 0 Å². The minimum atomic E-state index is -0.0408. The van der Waals surface area contributed by atoms with E-state index < -0.39 is 0 Å². The number of nitrogens with zero attached hydrogens (tertiary/aromatic N) is 3. The molecule has 0 radical (unpaired) electrons. The van der Waals surface area contributed by atoms with Gasteiger partial charge in [0.05, 0.1) is 12.6 Å². The number of anilines is 1. The van der Waals surface area contributed by atoms with Crippen LogP contribution in [0.25, 0.3) is 10.3 Å². The number of benzene rings is 1. The van der Waals surface area contributed by atoms with Crippen molar-refractivity contribution >= 4 is 55.2 Å². The van der Waals surface area contributed by atoms with E-state index in [0.717, 1.165) is 26.6 Å². The fourth-order valence-electron chi connectivity index (χ4n) is 2.60. The molecule has 0 aliphatic heterocycles. The van der Waals surface area contributed by atoms with E-state index in [0.29, 0.717) is 16.7 Å². The zero-order valence-electron chi connectivity index (χ0n) is 14.6. The highest BCUT2D eigenvalue weighted by Crippen LogP contribution is 2.33. The number of halogens is 1. The zero-order valence-corrected chi connectivity index (χ0v) is 17.9. The molecule has 0 aliphatic rings. The second-order valence-electron chi connectivity index (χ2n) is 6.40. The highest BCUT2D eigenvalue weighted by atomic mass is 79.9.